The van der Waals surface area contributed by atoms with Gasteiger partial charge < -0.3 is 10.1 Å². The molecule has 110 valence electrons. The van der Waals surface area contributed by atoms with Crippen LogP contribution < -0.4 is 5.32 Å². The molecule has 3 rings (SSSR count). The molecule has 1 aliphatic carbocycles. The minimum atomic E-state index is 0.174. The molecule has 1 saturated heterocycles. The van der Waals surface area contributed by atoms with Crippen molar-refractivity contribution in [2.24, 2.45) is 0 Å². The second-order valence-corrected chi connectivity index (χ2v) is 6.31. The number of rotatable bonds is 3. The van der Waals surface area contributed by atoms with E-state index in [9.17, 15) is 0 Å². The summed E-state index contributed by atoms with van der Waals surface area (Å²) in [6.07, 6.45) is 12.5. The van der Waals surface area contributed by atoms with Crippen molar-refractivity contribution in [2.75, 3.05) is 6.61 Å². The highest BCUT2D eigenvalue weighted by Crippen LogP contribution is 2.38. The molecule has 0 bridgehead atoms. The van der Waals surface area contributed by atoms with Gasteiger partial charge in [-0.05, 0) is 32.6 Å². The van der Waals surface area contributed by atoms with Gasteiger partial charge in [-0.15, -0.1) is 0 Å². The van der Waals surface area contributed by atoms with Crippen LogP contribution in [-0.4, -0.2) is 28.2 Å². The van der Waals surface area contributed by atoms with Crippen molar-refractivity contribution in [3.05, 3.63) is 23.8 Å². The van der Waals surface area contributed by atoms with E-state index in [2.05, 4.69) is 15.3 Å². The molecule has 1 atom stereocenters. The van der Waals surface area contributed by atoms with Gasteiger partial charge in [0.05, 0.1) is 17.0 Å². The number of nitrogens with one attached hydrogen (secondary N) is 1. The lowest BCUT2D eigenvalue weighted by Gasteiger charge is -2.43. The van der Waals surface area contributed by atoms with Gasteiger partial charge in [0.25, 0.3) is 0 Å². The Morgan fingerprint density at radius 3 is 2.85 bits per heavy atom. The molecule has 1 aromatic rings. The normalized spacial score (nSPS) is 25.8. The maximum absolute atomic E-state index is 6.14. The molecule has 1 N–H and O–H groups in total. The van der Waals surface area contributed by atoms with Crippen LogP contribution >= 0.6 is 0 Å². The van der Waals surface area contributed by atoms with Crippen molar-refractivity contribution < 1.29 is 4.74 Å². The third kappa shape index (κ3) is 3.36. The molecule has 20 heavy (non-hydrogen) atoms. The maximum Gasteiger partial charge on any atom is 0.0724 e. The topological polar surface area (TPSA) is 47.0 Å². The first-order chi connectivity index (χ1) is 9.76. The van der Waals surface area contributed by atoms with Gasteiger partial charge in [-0.3, -0.25) is 9.97 Å². The van der Waals surface area contributed by atoms with E-state index in [1.54, 1.807) is 0 Å². The third-order valence-electron chi connectivity index (χ3n) is 4.66. The van der Waals surface area contributed by atoms with E-state index in [1.165, 1.54) is 32.1 Å². The highest BCUT2D eigenvalue weighted by molar-refractivity contribution is 5.01. The zero-order valence-corrected chi connectivity index (χ0v) is 12.4. The Morgan fingerprint density at radius 2 is 2.10 bits per heavy atom. The lowest BCUT2D eigenvalue weighted by atomic mass is 9.78. The van der Waals surface area contributed by atoms with Crippen molar-refractivity contribution in [1.29, 1.82) is 0 Å². The molecule has 1 spiro atoms. The first-order valence-corrected chi connectivity index (χ1v) is 7.91. The molecule has 2 fully saturated rings. The Labute approximate surface area is 121 Å². The molecule has 1 unspecified atom stereocenters. The van der Waals surface area contributed by atoms with Crippen LogP contribution in [0.15, 0.2) is 12.4 Å². The van der Waals surface area contributed by atoms with Crippen LogP contribution in [-0.2, 0) is 11.3 Å². The molecule has 4 nitrogen and oxygen atoms in total. The lowest BCUT2D eigenvalue weighted by molar-refractivity contribution is -0.109. The van der Waals surface area contributed by atoms with E-state index in [1.807, 2.05) is 19.3 Å². The van der Waals surface area contributed by atoms with Crippen LogP contribution in [0.3, 0.4) is 0 Å². The van der Waals surface area contributed by atoms with Crippen molar-refractivity contribution in [1.82, 2.24) is 15.3 Å². The van der Waals surface area contributed by atoms with Gasteiger partial charge in [-0.2, -0.15) is 0 Å². The number of aryl methyl sites for hydroxylation is 1. The fraction of sp³-hybridized carbons (Fsp3) is 0.750. The first-order valence-electron chi connectivity index (χ1n) is 7.91. The van der Waals surface area contributed by atoms with Gasteiger partial charge in [0.15, 0.2) is 0 Å². The number of hydrogen-bond donors (Lipinski definition) is 1. The molecule has 4 heteroatoms. The highest BCUT2D eigenvalue weighted by Gasteiger charge is 2.38. The van der Waals surface area contributed by atoms with Crippen LogP contribution in [0.4, 0.5) is 0 Å². The van der Waals surface area contributed by atoms with Crippen molar-refractivity contribution in [3.8, 4) is 0 Å². The summed E-state index contributed by atoms with van der Waals surface area (Å²) in [6.45, 7) is 3.68. The Balaban J connectivity index is 1.53. The molecule has 1 aliphatic heterocycles. The Hall–Kier alpha value is -1.00. The van der Waals surface area contributed by atoms with E-state index in [0.717, 1.165) is 37.4 Å². The van der Waals surface area contributed by atoms with E-state index in [4.69, 9.17) is 4.74 Å². The van der Waals surface area contributed by atoms with Crippen molar-refractivity contribution in [2.45, 2.75) is 70.1 Å². The maximum atomic E-state index is 6.14. The standard InChI is InChI=1S/C16H25N3O/c1-13-10-18-15(11-17-13)12-19-14-5-8-20-16(9-14)6-3-2-4-7-16/h10-11,14,19H,2-9,12H2,1H3. The van der Waals surface area contributed by atoms with E-state index < -0.39 is 0 Å². The summed E-state index contributed by atoms with van der Waals surface area (Å²) in [4.78, 5) is 8.71. The largest absolute Gasteiger partial charge is 0.375 e. The molecule has 0 radical (unpaired) electrons. The van der Waals surface area contributed by atoms with E-state index in [0.29, 0.717) is 6.04 Å². The SMILES string of the molecule is Cc1cnc(CNC2CCOC3(CCCCC3)C2)cn1. The zero-order chi connectivity index (χ0) is 13.8. The number of nitrogens with zero attached hydrogens (tertiary/aromatic N) is 2. The van der Waals surface area contributed by atoms with Gasteiger partial charge in [-0.1, -0.05) is 19.3 Å². The quantitative estimate of drug-likeness (QED) is 0.921. The van der Waals surface area contributed by atoms with Gasteiger partial charge in [0, 0.05) is 31.6 Å². The molecule has 2 heterocycles. The van der Waals surface area contributed by atoms with E-state index in [-0.39, 0.29) is 5.60 Å². The number of hydrogen-bond acceptors (Lipinski definition) is 4. The van der Waals surface area contributed by atoms with Crippen molar-refractivity contribution in [3.63, 3.8) is 0 Å². The molecular formula is C16H25N3O. The molecular weight excluding hydrogens is 250 g/mol. The summed E-state index contributed by atoms with van der Waals surface area (Å²) in [7, 11) is 0. The number of ether oxygens (including phenoxy) is 1. The smallest absolute Gasteiger partial charge is 0.0724 e. The minimum absolute atomic E-state index is 0.174. The lowest BCUT2D eigenvalue weighted by Crippen LogP contribution is -2.47. The minimum Gasteiger partial charge on any atom is -0.375 e. The third-order valence-corrected chi connectivity index (χ3v) is 4.66. The average molecular weight is 275 g/mol. The Morgan fingerprint density at radius 1 is 1.25 bits per heavy atom. The summed E-state index contributed by atoms with van der Waals surface area (Å²) < 4.78 is 6.14. The predicted octanol–water partition coefficient (Wildman–Crippen LogP) is 2.76. The number of aromatic nitrogens is 2. The summed E-state index contributed by atoms with van der Waals surface area (Å²) in [5, 5.41) is 3.65. The van der Waals surface area contributed by atoms with Crippen LogP contribution in [0.5, 0.6) is 0 Å². The Bertz CT molecular complexity index is 420. The van der Waals surface area contributed by atoms with Crippen LogP contribution in [0, 0.1) is 6.92 Å². The van der Waals surface area contributed by atoms with Gasteiger partial charge >= 0.3 is 0 Å². The predicted molar refractivity (Wildman–Crippen MR) is 78.4 cm³/mol. The van der Waals surface area contributed by atoms with Crippen LogP contribution in [0.1, 0.15) is 56.3 Å². The Kier molecular flexibility index (Phi) is 4.32. The van der Waals surface area contributed by atoms with E-state index >= 15 is 0 Å². The summed E-state index contributed by atoms with van der Waals surface area (Å²) in [5.41, 5.74) is 2.17. The summed E-state index contributed by atoms with van der Waals surface area (Å²) >= 11 is 0. The molecule has 2 aliphatic rings. The highest BCUT2D eigenvalue weighted by atomic mass is 16.5. The summed E-state index contributed by atoms with van der Waals surface area (Å²) in [5.74, 6) is 0. The van der Waals surface area contributed by atoms with Gasteiger partial charge in [0.1, 0.15) is 0 Å². The first kappa shape index (κ1) is 14.0. The fourth-order valence-electron chi connectivity index (χ4n) is 3.51. The molecule has 1 saturated carbocycles. The van der Waals surface area contributed by atoms with Gasteiger partial charge in [0.2, 0.25) is 0 Å². The second-order valence-electron chi connectivity index (χ2n) is 6.31. The second kappa shape index (κ2) is 6.19. The zero-order valence-electron chi connectivity index (χ0n) is 12.4. The van der Waals surface area contributed by atoms with Crippen molar-refractivity contribution >= 4 is 0 Å². The monoisotopic (exact) mass is 275 g/mol. The average Bonchev–Trinajstić information content (AvgIpc) is 2.48. The fourth-order valence-corrected chi connectivity index (χ4v) is 3.51. The molecule has 0 aromatic carbocycles. The molecule has 1 aromatic heterocycles. The molecule has 0 amide bonds. The van der Waals surface area contributed by atoms with Crippen LogP contribution in [0.2, 0.25) is 0 Å². The summed E-state index contributed by atoms with van der Waals surface area (Å²) in [6, 6.07) is 0.560. The van der Waals surface area contributed by atoms with Crippen LogP contribution in [0.25, 0.3) is 0 Å². The van der Waals surface area contributed by atoms with Gasteiger partial charge in [-0.25, -0.2) is 0 Å².